The van der Waals surface area contributed by atoms with Crippen LogP contribution in [-0.4, -0.2) is 11.0 Å². The zero-order valence-corrected chi connectivity index (χ0v) is 10.0. The van der Waals surface area contributed by atoms with Crippen LogP contribution in [0, 0.1) is 0 Å². The maximum absolute atomic E-state index is 6.19. The summed E-state index contributed by atoms with van der Waals surface area (Å²) in [5, 5.41) is -0.116. The molecule has 0 amide bonds. The third-order valence-electron chi connectivity index (χ3n) is 2.54. The lowest BCUT2D eigenvalue weighted by Gasteiger charge is -2.30. The SMILES string of the molecule is NC1(N)C=CC(c2ccccc2)=C(Cl)C1Cl. The molecule has 1 aliphatic rings. The minimum atomic E-state index is -1.09. The van der Waals surface area contributed by atoms with Crippen LogP contribution in [-0.2, 0) is 0 Å². The summed E-state index contributed by atoms with van der Waals surface area (Å²) in [5.41, 5.74) is 12.4. The molecule has 4 heteroatoms. The van der Waals surface area contributed by atoms with E-state index in [1.54, 1.807) is 6.08 Å². The van der Waals surface area contributed by atoms with Gasteiger partial charge in [-0.25, -0.2) is 0 Å². The number of alkyl halides is 1. The quantitative estimate of drug-likeness (QED) is 0.598. The van der Waals surface area contributed by atoms with Crippen LogP contribution in [0.15, 0.2) is 47.5 Å². The Kier molecular flexibility index (Phi) is 3.08. The van der Waals surface area contributed by atoms with E-state index in [2.05, 4.69) is 0 Å². The summed E-state index contributed by atoms with van der Waals surface area (Å²) in [6.07, 6.45) is 3.50. The van der Waals surface area contributed by atoms with Crippen LogP contribution in [0.25, 0.3) is 5.57 Å². The number of nitrogens with two attached hydrogens (primary N) is 2. The van der Waals surface area contributed by atoms with Gasteiger partial charge in [-0.1, -0.05) is 48.0 Å². The molecule has 1 aliphatic carbocycles. The maximum atomic E-state index is 6.19. The Morgan fingerprint density at radius 3 is 2.38 bits per heavy atom. The largest absolute Gasteiger partial charge is 0.309 e. The normalized spacial score (nSPS) is 23.6. The minimum absolute atomic E-state index is 0.486. The third-order valence-corrected chi connectivity index (χ3v) is 3.67. The Balaban J connectivity index is 2.45. The second kappa shape index (κ2) is 4.22. The molecule has 1 aromatic carbocycles. The van der Waals surface area contributed by atoms with E-state index in [9.17, 15) is 0 Å². The van der Waals surface area contributed by atoms with Crippen molar-refractivity contribution in [1.82, 2.24) is 0 Å². The van der Waals surface area contributed by atoms with Crippen molar-refractivity contribution in [2.24, 2.45) is 11.5 Å². The smallest absolute Gasteiger partial charge is 0.105 e. The molecule has 0 aromatic heterocycles. The van der Waals surface area contributed by atoms with Crippen molar-refractivity contribution in [1.29, 1.82) is 0 Å². The number of hydrogen-bond donors (Lipinski definition) is 2. The van der Waals surface area contributed by atoms with Crippen molar-refractivity contribution < 1.29 is 0 Å². The lowest BCUT2D eigenvalue weighted by molar-refractivity contribution is 0.561. The molecule has 16 heavy (non-hydrogen) atoms. The van der Waals surface area contributed by atoms with Crippen molar-refractivity contribution in [3.63, 3.8) is 0 Å². The molecule has 1 unspecified atom stereocenters. The molecule has 1 aromatic rings. The van der Waals surface area contributed by atoms with Gasteiger partial charge in [0.15, 0.2) is 0 Å². The highest BCUT2D eigenvalue weighted by Gasteiger charge is 2.33. The number of halogens is 2. The van der Waals surface area contributed by atoms with Crippen molar-refractivity contribution in [2.45, 2.75) is 11.0 Å². The van der Waals surface area contributed by atoms with Gasteiger partial charge in [-0.15, -0.1) is 11.6 Å². The molecule has 4 N–H and O–H groups in total. The molecular weight excluding hydrogens is 243 g/mol. The molecule has 2 nitrogen and oxygen atoms in total. The molecule has 1 atom stereocenters. The fourth-order valence-corrected chi connectivity index (χ4v) is 2.15. The van der Waals surface area contributed by atoms with Crippen molar-refractivity contribution >= 4 is 28.8 Å². The summed E-state index contributed by atoms with van der Waals surface area (Å²) in [4.78, 5) is 0. The van der Waals surface area contributed by atoms with Gasteiger partial charge < -0.3 is 11.5 Å². The number of hydrogen-bond acceptors (Lipinski definition) is 2. The average molecular weight is 255 g/mol. The van der Waals surface area contributed by atoms with E-state index >= 15 is 0 Å². The second-order valence-electron chi connectivity index (χ2n) is 3.82. The van der Waals surface area contributed by atoms with E-state index in [0.29, 0.717) is 5.03 Å². The lowest BCUT2D eigenvalue weighted by atomic mass is 9.93. The first-order valence-corrected chi connectivity index (χ1v) is 5.70. The first-order chi connectivity index (χ1) is 7.52. The molecule has 84 valence electrons. The highest BCUT2D eigenvalue weighted by molar-refractivity contribution is 6.41. The number of allylic oxidation sites excluding steroid dienone is 2. The van der Waals surface area contributed by atoms with Gasteiger partial charge in [-0.05, 0) is 17.2 Å². The Labute approximate surface area is 105 Å². The van der Waals surface area contributed by atoms with Gasteiger partial charge in [-0.2, -0.15) is 0 Å². The molecule has 0 saturated carbocycles. The molecule has 0 spiro atoms. The minimum Gasteiger partial charge on any atom is -0.309 e. The molecule has 0 bridgehead atoms. The van der Waals surface area contributed by atoms with E-state index in [1.807, 2.05) is 36.4 Å². The maximum Gasteiger partial charge on any atom is 0.105 e. The fraction of sp³-hybridized carbons (Fsp3) is 0.167. The van der Waals surface area contributed by atoms with E-state index < -0.39 is 11.0 Å². The Hall–Kier alpha value is -0.800. The van der Waals surface area contributed by atoms with Crippen molar-refractivity contribution in [3.8, 4) is 0 Å². The molecule has 0 radical (unpaired) electrons. The van der Waals surface area contributed by atoms with Crippen LogP contribution in [0.5, 0.6) is 0 Å². The van der Waals surface area contributed by atoms with E-state index in [4.69, 9.17) is 34.7 Å². The van der Waals surface area contributed by atoms with Crippen molar-refractivity contribution in [2.75, 3.05) is 0 Å². The molecule has 2 rings (SSSR count). The van der Waals surface area contributed by atoms with Gasteiger partial charge >= 0.3 is 0 Å². The first kappa shape index (κ1) is 11.7. The summed E-state index contributed by atoms with van der Waals surface area (Å²) < 4.78 is 0. The van der Waals surface area contributed by atoms with E-state index in [-0.39, 0.29) is 0 Å². The second-order valence-corrected chi connectivity index (χ2v) is 4.67. The van der Waals surface area contributed by atoms with Crippen LogP contribution in [0.1, 0.15) is 5.56 Å². The van der Waals surface area contributed by atoms with Gasteiger partial charge in [0.2, 0.25) is 0 Å². The van der Waals surface area contributed by atoms with Crippen LogP contribution in [0.2, 0.25) is 0 Å². The van der Waals surface area contributed by atoms with Gasteiger partial charge in [-0.3, -0.25) is 0 Å². The predicted octanol–water partition coefficient (Wildman–Crippen LogP) is 2.43. The van der Waals surface area contributed by atoms with Crippen LogP contribution in [0.3, 0.4) is 0 Å². The van der Waals surface area contributed by atoms with Gasteiger partial charge in [0.1, 0.15) is 11.0 Å². The number of rotatable bonds is 1. The lowest BCUT2D eigenvalue weighted by Crippen LogP contribution is -2.56. The standard InChI is InChI=1S/C12H12Cl2N2/c13-10-9(8-4-2-1-3-5-8)6-7-12(15,16)11(10)14/h1-7,11H,15-16H2. The van der Waals surface area contributed by atoms with Crippen molar-refractivity contribution in [3.05, 3.63) is 53.1 Å². The highest BCUT2D eigenvalue weighted by atomic mass is 35.5. The summed E-state index contributed by atoms with van der Waals surface area (Å²) in [6.45, 7) is 0. The molecule has 0 fully saturated rings. The van der Waals surface area contributed by atoms with Crippen LogP contribution < -0.4 is 11.5 Å². The zero-order chi connectivity index (χ0) is 11.8. The van der Waals surface area contributed by atoms with E-state index in [1.165, 1.54) is 0 Å². The molecule has 0 aliphatic heterocycles. The summed E-state index contributed by atoms with van der Waals surface area (Å²) >= 11 is 12.3. The zero-order valence-electron chi connectivity index (χ0n) is 8.53. The van der Waals surface area contributed by atoms with Crippen LogP contribution >= 0.6 is 23.2 Å². The molecule has 0 saturated heterocycles. The topological polar surface area (TPSA) is 52.0 Å². The third kappa shape index (κ3) is 2.02. The van der Waals surface area contributed by atoms with E-state index in [0.717, 1.165) is 11.1 Å². The predicted molar refractivity (Wildman–Crippen MR) is 69.1 cm³/mol. The number of benzene rings is 1. The summed E-state index contributed by atoms with van der Waals surface area (Å²) in [7, 11) is 0. The monoisotopic (exact) mass is 254 g/mol. The van der Waals surface area contributed by atoms with Gasteiger partial charge in [0.25, 0.3) is 0 Å². The molecule has 0 heterocycles. The summed E-state index contributed by atoms with van der Waals surface area (Å²) in [6, 6.07) is 9.75. The first-order valence-electron chi connectivity index (χ1n) is 4.88. The summed E-state index contributed by atoms with van der Waals surface area (Å²) in [5.74, 6) is 0. The Bertz CT molecular complexity index is 449. The Morgan fingerprint density at radius 1 is 1.12 bits per heavy atom. The highest BCUT2D eigenvalue weighted by Crippen LogP contribution is 2.35. The van der Waals surface area contributed by atoms with Crippen LogP contribution in [0.4, 0.5) is 0 Å². The van der Waals surface area contributed by atoms with Gasteiger partial charge in [0, 0.05) is 5.03 Å². The fourth-order valence-electron chi connectivity index (χ4n) is 1.60. The average Bonchev–Trinajstić information content (AvgIpc) is 2.27. The molecular formula is C12H12Cl2N2. The van der Waals surface area contributed by atoms with Gasteiger partial charge in [0.05, 0.1) is 0 Å². The Morgan fingerprint density at radius 2 is 1.75 bits per heavy atom.